The molecule has 31 heavy (non-hydrogen) atoms. The molecule has 0 aliphatic heterocycles. The van der Waals surface area contributed by atoms with Crippen LogP contribution in [0.3, 0.4) is 0 Å². The molecule has 1 heterocycles. The zero-order chi connectivity index (χ0) is 21.6. The molecule has 0 atom stereocenters. The standard InChI is InChI=1S/C27H20O4/c1-30-22-16-14-21(15-17-22)26-23(13-8-18-28)24(25(29)19-9-4-2-5-10-19)27(31-26)20-11-6-3-7-12-20/h2-18H,1H3/b13-8+. The Morgan fingerprint density at radius 1 is 0.806 bits per heavy atom. The number of rotatable bonds is 7. The van der Waals surface area contributed by atoms with Crippen LogP contribution in [-0.4, -0.2) is 19.2 Å². The molecule has 4 heteroatoms. The van der Waals surface area contributed by atoms with Crippen molar-refractivity contribution in [3.05, 3.63) is 108 Å². The fourth-order valence-corrected chi connectivity index (χ4v) is 3.45. The lowest BCUT2D eigenvalue weighted by molar-refractivity contribution is -0.104. The summed E-state index contributed by atoms with van der Waals surface area (Å²) in [6.07, 6.45) is 3.68. The second-order valence-corrected chi connectivity index (χ2v) is 6.83. The summed E-state index contributed by atoms with van der Waals surface area (Å²) in [5.74, 6) is 1.52. The zero-order valence-corrected chi connectivity index (χ0v) is 16.9. The van der Waals surface area contributed by atoms with Gasteiger partial charge in [0.1, 0.15) is 23.6 Å². The Hall–Kier alpha value is -4.18. The second kappa shape index (κ2) is 9.09. The summed E-state index contributed by atoms with van der Waals surface area (Å²) in [6, 6.07) is 25.9. The van der Waals surface area contributed by atoms with Crippen LogP contribution in [0.4, 0.5) is 0 Å². The molecule has 0 aliphatic rings. The first-order valence-corrected chi connectivity index (χ1v) is 9.81. The molecular formula is C27H20O4. The smallest absolute Gasteiger partial charge is 0.197 e. The number of ketones is 1. The molecule has 4 aromatic rings. The maximum atomic E-state index is 13.6. The lowest BCUT2D eigenvalue weighted by atomic mass is 9.94. The second-order valence-electron chi connectivity index (χ2n) is 6.83. The third-order valence-corrected chi connectivity index (χ3v) is 4.94. The van der Waals surface area contributed by atoms with Crippen LogP contribution in [0.1, 0.15) is 21.5 Å². The highest BCUT2D eigenvalue weighted by atomic mass is 16.5. The molecule has 3 aromatic carbocycles. The van der Waals surface area contributed by atoms with Crippen molar-refractivity contribution >= 4 is 18.1 Å². The number of hydrogen-bond acceptors (Lipinski definition) is 4. The lowest BCUT2D eigenvalue weighted by Crippen LogP contribution is -2.03. The van der Waals surface area contributed by atoms with Crippen LogP contribution in [0.5, 0.6) is 5.75 Å². The number of carbonyl (C=O) groups excluding carboxylic acids is 2. The number of carbonyl (C=O) groups is 2. The average Bonchev–Trinajstić information content (AvgIpc) is 3.22. The quantitative estimate of drug-likeness (QED) is 0.212. The van der Waals surface area contributed by atoms with Crippen LogP contribution in [-0.2, 0) is 4.79 Å². The first-order chi connectivity index (χ1) is 15.2. The Morgan fingerprint density at radius 2 is 1.42 bits per heavy atom. The van der Waals surface area contributed by atoms with Gasteiger partial charge in [0.25, 0.3) is 0 Å². The summed E-state index contributed by atoms with van der Waals surface area (Å²) in [6.45, 7) is 0. The summed E-state index contributed by atoms with van der Waals surface area (Å²) in [7, 11) is 1.60. The van der Waals surface area contributed by atoms with E-state index in [2.05, 4.69) is 0 Å². The minimum Gasteiger partial charge on any atom is -0.497 e. The van der Waals surface area contributed by atoms with Gasteiger partial charge in [-0.2, -0.15) is 0 Å². The topological polar surface area (TPSA) is 56.5 Å². The molecule has 0 fully saturated rings. The number of methoxy groups -OCH3 is 1. The molecule has 0 spiro atoms. The van der Waals surface area contributed by atoms with Crippen molar-refractivity contribution < 1.29 is 18.7 Å². The van der Waals surface area contributed by atoms with E-state index in [0.717, 1.165) is 11.1 Å². The summed E-state index contributed by atoms with van der Waals surface area (Å²) < 4.78 is 11.6. The van der Waals surface area contributed by atoms with E-state index in [1.54, 1.807) is 25.3 Å². The van der Waals surface area contributed by atoms with Crippen molar-refractivity contribution in [3.8, 4) is 28.4 Å². The van der Waals surface area contributed by atoms with Crippen molar-refractivity contribution in [1.82, 2.24) is 0 Å². The van der Waals surface area contributed by atoms with E-state index in [-0.39, 0.29) is 5.78 Å². The van der Waals surface area contributed by atoms with Gasteiger partial charge in [-0.15, -0.1) is 0 Å². The van der Waals surface area contributed by atoms with E-state index in [1.165, 1.54) is 6.08 Å². The maximum absolute atomic E-state index is 13.6. The summed E-state index contributed by atoms with van der Waals surface area (Å²) >= 11 is 0. The van der Waals surface area contributed by atoms with Gasteiger partial charge in [-0.05, 0) is 36.4 Å². The van der Waals surface area contributed by atoms with Gasteiger partial charge in [-0.3, -0.25) is 9.59 Å². The predicted octanol–water partition coefficient (Wildman–Crippen LogP) is 6.07. The number of ether oxygens (including phenoxy) is 1. The normalized spacial score (nSPS) is 10.9. The number of furan rings is 1. The first kappa shape index (κ1) is 20.1. The number of benzene rings is 3. The molecule has 0 radical (unpaired) electrons. The highest BCUT2D eigenvalue weighted by Crippen LogP contribution is 2.39. The molecular weight excluding hydrogens is 388 g/mol. The first-order valence-electron chi connectivity index (χ1n) is 9.81. The SMILES string of the molecule is COc1ccc(-c2oc(-c3ccccc3)c(C(=O)c3ccccc3)c2/C=C/C=O)cc1. The third kappa shape index (κ3) is 4.09. The van der Waals surface area contributed by atoms with Crippen LogP contribution in [0.15, 0.2) is 95.4 Å². The van der Waals surface area contributed by atoms with Crippen LogP contribution >= 0.6 is 0 Å². The molecule has 0 bridgehead atoms. The average molecular weight is 408 g/mol. The lowest BCUT2D eigenvalue weighted by Gasteiger charge is -2.04. The monoisotopic (exact) mass is 408 g/mol. The van der Waals surface area contributed by atoms with Crippen molar-refractivity contribution in [3.63, 3.8) is 0 Å². The number of hydrogen-bond donors (Lipinski definition) is 0. The van der Waals surface area contributed by atoms with E-state index in [1.807, 2.05) is 72.8 Å². The van der Waals surface area contributed by atoms with Gasteiger partial charge in [-0.1, -0.05) is 60.7 Å². The summed E-state index contributed by atoms with van der Waals surface area (Å²) in [5, 5.41) is 0. The van der Waals surface area contributed by atoms with Gasteiger partial charge >= 0.3 is 0 Å². The van der Waals surface area contributed by atoms with Gasteiger partial charge in [-0.25, -0.2) is 0 Å². The van der Waals surface area contributed by atoms with Gasteiger partial charge in [0.05, 0.1) is 12.7 Å². The van der Waals surface area contributed by atoms with Gasteiger partial charge in [0.15, 0.2) is 5.78 Å². The molecule has 152 valence electrons. The third-order valence-electron chi connectivity index (χ3n) is 4.94. The minimum absolute atomic E-state index is 0.173. The number of aldehydes is 1. The Bertz CT molecular complexity index is 1220. The minimum atomic E-state index is -0.173. The van der Waals surface area contributed by atoms with Crippen molar-refractivity contribution in [2.75, 3.05) is 7.11 Å². The molecule has 0 saturated carbocycles. The predicted molar refractivity (Wildman–Crippen MR) is 121 cm³/mol. The molecule has 0 amide bonds. The molecule has 0 unspecified atom stereocenters. The highest BCUT2D eigenvalue weighted by Gasteiger charge is 2.26. The van der Waals surface area contributed by atoms with Crippen LogP contribution in [0, 0.1) is 0 Å². The van der Waals surface area contributed by atoms with Crippen molar-refractivity contribution in [1.29, 1.82) is 0 Å². The largest absolute Gasteiger partial charge is 0.497 e. The van der Waals surface area contributed by atoms with Gasteiger partial charge in [0, 0.05) is 22.3 Å². The molecule has 4 rings (SSSR count). The molecule has 0 N–H and O–H groups in total. The van der Waals surface area contributed by atoms with Gasteiger partial charge < -0.3 is 9.15 Å². The van der Waals surface area contributed by atoms with E-state index >= 15 is 0 Å². The van der Waals surface area contributed by atoms with E-state index in [0.29, 0.717) is 40.2 Å². The molecule has 0 saturated heterocycles. The van der Waals surface area contributed by atoms with Crippen molar-refractivity contribution in [2.45, 2.75) is 0 Å². The van der Waals surface area contributed by atoms with Crippen LogP contribution in [0.25, 0.3) is 28.7 Å². The molecule has 1 aromatic heterocycles. The van der Waals surface area contributed by atoms with E-state index in [9.17, 15) is 9.59 Å². The summed E-state index contributed by atoms with van der Waals surface area (Å²) in [4.78, 5) is 24.7. The maximum Gasteiger partial charge on any atom is 0.197 e. The fraction of sp³-hybridized carbons (Fsp3) is 0.0370. The highest BCUT2D eigenvalue weighted by molar-refractivity contribution is 6.15. The Morgan fingerprint density at radius 3 is 2.03 bits per heavy atom. The molecule has 4 nitrogen and oxygen atoms in total. The van der Waals surface area contributed by atoms with Crippen LogP contribution < -0.4 is 4.74 Å². The molecule has 0 aliphatic carbocycles. The van der Waals surface area contributed by atoms with E-state index in [4.69, 9.17) is 9.15 Å². The van der Waals surface area contributed by atoms with Crippen LogP contribution in [0.2, 0.25) is 0 Å². The van der Waals surface area contributed by atoms with E-state index < -0.39 is 0 Å². The zero-order valence-electron chi connectivity index (χ0n) is 16.9. The Balaban J connectivity index is 1.99. The summed E-state index contributed by atoms with van der Waals surface area (Å²) in [5.41, 5.74) is 3.08. The Kier molecular flexibility index (Phi) is 5.90. The van der Waals surface area contributed by atoms with Crippen molar-refractivity contribution in [2.24, 2.45) is 0 Å². The number of allylic oxidation sites excluding steroid dienone is 1. The fourth-order valence-electron chi connectivity index (χ4n) is 3.45. The Labute approximate surface area is 180 Å². The van der Waals surface area contributed by atoms with Gasteiger partial charge in [0.2, 0.25) is 0 Å².